The predicted octanol–water partition coefficient (Wildman–Crippen LogP) is 3.49. The Labute approximate surface area is 133 Å². The average Bonchev–Trinajstić information content (AvgIpc) is 2.35. The van der Waals surface area contributed by atoms with E-state index in [2.05, 4.69) is 9.97 Å². The minimum absolute atomic E-state index is 0.219. The minimum atomic E-state index is -0.219. The van der Waals surface area contributed by atoms with E-state index >= 15 is 0 Å². The molecule has 2 aromatic rings. The molecule has 4 nitrogen and oxygen atoms in total. The van der Waals surface area contributed by atoms with E-state index < -0.39 is 0 Å². The number of H-pyrrole nitrogens is 1. The van der Waals surface area contributed by atoms with Gasteiger partial charge in [0.05, 0.1) is 17.3 Å². The summed E-state index contributed by atoms with van der Waals surface area (Å²) < 4.78 is 5.54. The Balaban J connectivity index is 2.59. The fourth-order valence-electron chi connectivity index (χ4n) is 1.55. The quantitative estimate of drug-likeness (QED) is 0.788. The number of nitrogens with one attached hydrogen (secondary N) is 1. The van der Waals surface area contributed by atoms with Crippen LogP contribution < -0.4 is 5.56 Å². The lowest BCUT2D eigenvalue weighted by Crippen LogP contribution is -2.16. The van der Waals surface area contributed by atoms with Crippen molar-refractivity contribution in [3.8, 4) is 11.4 Å². The standard InChI is InChI=1S/C12H9Cl2IN2O2/c1-19-5-9-10(15)12(18)17-11(16-9)7-3-2-6(13)4-8(7)14/h2-4H,5H2,1H3,(H,16,17,18). The van der Waals surface area contributed by atoms with Crippen LogP contribution in [0.25, 0.3) is 11.4 Å². The third kappa shape index (κ3) is 3.28. The van der Waals surface area contributed by atoms with Crippen LogP contribution in [-0.4, -0.2) is 17.1 Å². The molecule has 1 aromatic heterocycles. The number of nitrogens with zero attached hydrogens (tertiary/aromatic N) is 1. The van der Waals surface area contributed by atoms with Gasteiger partial charge in [0.1, 0.15) is 9.39 Å². The molecule has 0 saturated heterocycles. The molecular weight excluding hydrogens is 402 g/mol. The predicted molar refractivity (Wildman–Crippen MR) is 83.7 cm³/mol. The molecule has 0 aliphatic rings. The minimum Gasteiger partial charge on any atom is -0.378 e. The summed E-state index contributed by atoms with van der Waals surface area (Å²) >= 11 is 13.9. The van der Waals surface area contributed by atoms with Gasteiger partial charge in [0.2, 0.25) is 0 Å². The van der Waals surface area contributed by atoms with Gasteiger partial charge in [0.25, 0.3) is 5.56 Å². The number of halogens is 3. The number of methoxy groups -OCH3 is 1. The molecule has 100 valence electrons. The van der Waals surface area contributed by atoms with Crippen molar-refractivity contribution in [3.63, 3.8) is 0 Å². The first-order valence-electron chi connectivity index (χ1n) is 5.26. The van der Waals surface area contributed by atoms with Crippen molar-refractivity contribution in [2.24, 2.45) is 0 Å². The fraction of sp³-hybridized carbons (Fsp3) is 0.167. The molecule has 0 spiro atoms. The average molecular weight is 411 g/mol. The van der Waals surface area contributed by atoms with Gasteiger partial charge in [-0.25, -0.2) is 4.98 Å². The summed E-state index contributed by atoms with van der Waals surface area (Å²) in [5, 5.41) is 0.957. The van der Waals surface area contributed by atoms with E-state index in [1.165, 1.54) is 0 Å². The van der Waals surface area contributed by atoms with Crippen LogP contribution in [0, 0.1) is 3.57 Å². The highest BCUT2D eigenvalue weighted by molar-refractivity contribution is 14.1. The molecule has 7 heteroatoms. The first kappa shape index (κ1) is 14.8. The lowest BCUT2D eigenvalue weighted by molar-refractivity contribution is 0.180. The molecule has 0 bridgehead atoms. The summed E-state index contributed by atoms with van der Waals surface area (Å²) in [6.07, 6.45) is 0. The lowest BCUT2D eigenvalue weighted by atomic mass is 10.2. The van der Waals surface area contributed by atoms with E-state index in [1.54, 1.807) is 25.3 Å². The number of hydrogen-bond acceptors (Lipinski definition) is 3. The molecule has 19 heavy (non-hydrogen) atoms. The Kier molecular flexibility index (Phi) is 4.83. The normalized spacial score (nSPS) is 10.7. The zero-order valence-electron chi connectivity index (χ0n) is 9.84. The van der Waals surface area contributed by atoms with Crippen LogP contribution in [0.2, 0.25) is 10.0 Å². The number of aromatic nitrogens is 2. The second-order valence-corrected chi connectivity index (χ2v) is 5.65. The van der Waals surface area contributed by atoms with Crippen molar-refractivity contribution in [1.82, 2.24) is 9.97 Å². The molecule has 1 aromatic carbocycles. The van der Waals surface area contributed by atoms with Crippen LogP contribution in [-0.2, 0) is 11.3 Å². The maximum Gasteiger partial charge on any atom is 0.264 e. The largest absolute Gasteiger partial charge is 0.378 e. The van der Waals surface area contributed by atoms with E-state index in [9.17, 15) is 4.79 Å². The third-order valence-corrected chi connectivity index (χ3v) is 4.06. The number of ether oxygens (including phenoxy) is 1. The van der Waals surface area contributed by atoms with Gasteiger partial charge in [-0.15, -0.1) is 0 Å². The summed E-state index contributed by atoms with van der Waals surface area (Å²) in [5.41, 5.74) is 0.980. The number of hydrogen-bond donors (Lipinski definition) is 1. The second-order valence-electron chi connectivity index (χ2n) is 3.73. The van der Waals surface area contributed by atoms with Crippen LogP contribution in [0.5, 0.6) is 0 Å². The molecule has 1 N–H and O–H groups in total. The fourth-order valence-corrected chi connectivity index (χ4v) is 2.46. The third-order valence-electron chi connectivity index (χ3n) is 2.40. The highest BCUT2D eigenvalue weighted by Crippen LogP contribution is 2.28. The molecule has 0 unspecified atom stereocenters. The number of aromatic amines is 1. The van der Waals surface area contributed by atoms with Crippen molar-refractivity contribution >= 4 is 45.8 Å². The van der Waals surface area contributed by atoms with Gasteiger partial charge >= 0.3 is 0 Å². The molecule has 0 aliphatic carbocycles. The molecule has 1 heterocycles. The Morgan fingerprint density at radius 3 is 2.79 bits per heavy atom. The summed E-state index contributed by atoms with van der Waals surface area (Å²) in [6, 6.07) is 5.01. The maximum absolute atomic E-state index is 11.9. The van der Waals surface area contributed by atoms with Crippen molar-refractivity contribution in [2.45, 2.75) is 6.61 Å². The molecule has 0 saturated carbocycles. The van der Waals surface area contributed by atoms with Gasteiger partial charge in [-0.05, 0) is 40.8 Å². The molecular formula is C12H9Cl2IN2O2. The van der Waals surface area contributed by atoms with Crippen molar-refractivity contribution in [2.75, 3.05) is 7.11 Å². The molecule has 0 aliphatic heterocycles. The van der Waals surface area contributed by atoms with Gasteiger partial charge < -0.3 is 9.72 Å². The zero-order chi connectivity index (χ0) is 14.0. The molecule has 0 amide bonds. The van der Waals surface area contributed by atoms with Crippen LogP contribution in [0.1, 0.15) is 5.69 Å². The zero-order valence-corrected chi connectivity index (χ0v) is 13.5. The smallest absolute Gasteiger partial charge is 0.264 e. The number of rotatable bonds is 3. The van der Waals surface area contributed by atoms with Crippen LogP contribution >= 0.6 is 45.8 Å². The van der Waals surface area contributed by atoms with E-state index in [0.717, 1.165) is 0 Å². The monoisotopic (exact) mass is 410 g/mol. The van der Waals surface area contributed by atoms with Gasteiger partial charge in [0, 0.05) is 17.7 Å². The van der Waals surface area contributed by atoms with E-state index in [0.29, 0.717) is 30.7 Å². The van der Waals surface area contributed by atoms with Crippen LogP contribution in [0.3, 0.4) is 0 Å². The first-order chi connectivity index (χ1) is 9.02. The molecule has 0 radical (unpaired) electrons. The van der Waals surface area contributed by atoms with Gasteiger partial charge in [-0.2, -0.15) is 0 Å². The Hall–Kier alpha value is -0.630. The van der Waals surface area contributed by atoms with Crippen molar-refractivity contribution in [1.29, 1.82) is 0 Å². The van der Waals surface area contributed by atoms with Crippen molar-refractivity contribution < 1.29 is 4.74 Å². The highest BCUT2D eigenvalue weighted by Gasteiger charge is 2.12. The Morgan fingerprint density at radius 2 is 2.16 bits per heavy atom. The van der Waals surface area contributed by atoms with Crippen LogP contribution in [0.4, 0.5) is 0 Å². The Morgan fingerprint density at radius 1 is 1.42 bits per heavy atom. The number of benzene rings is 1. The van der Waals surface area contributed by atoms with E-state index in [4.69, 9.17) is 27.9 Å². The summed E-state index contributed by atoms with van der Waals surface area (Å²) in [7, 11) is 1.55. The topological polar surface area (TPSA) is 55.0 Å². The van der Waals surface area contributed by atoms with Crippen molar-refractivity contribution in [3.05, 3.63) is 47.9 Å². The second kappa shape index (κ2) is 6.21. The SMILES string of the molecule is COCc1nc(-c2ccc(Cl)cc2Cl)[nH]c(=O)c1I. The van der Waals surface area contributed by atoms with Crippen LogP contribution in [0.15, 0.2) is 23.0 Å². The molecule has 0 fully saturated rings. The van der Waals surface area contributed by atoms with Gasteiger partial charge in [-0.3, -0.25) is 4.79 Å². The highest BCUT2D eigenvalue weighted by atomic mass is 127. The lowest BCUT2D eigenvalue weighted by Gasteiger charge is -2.07. The van der Waals surface area contributed by atoms with Gasteiger partial charge in [-0.1, -0.05) is 23.2 Å². The Bertz CT molecular complexity index is 673. The summed E-state index contributed by atoms with van der Waals surface area (Å²) in [6.45, 7) is 0.264. The van der Waals surface area contributed by atoms with E-state index in [1.807, 2.05) is 22.6 Å². The molecule has 2 rings (SSSR count). The van der Waals surface area contributed by atoms with Gasteiger partial charge in [0.15, 0.2) is 0 Å². The molecule has 0 atom stereocenters. The van der Waals surface area contributed by atoms with E-state index in [-0.39, 0.29) is 12.2 Å². The summed E-state index contributed by atoms with van der Waals surface area (Å²) in [5.74, 6) is 0.402. The first-order valence-corrected chi connectivity index (χ1v) is 7.09. The maximum atomic E-state index is 11.9. The summed E-state index contributed by atoms with van der Waals surface area (Å²) in [4.78, 5) is 18.9.